The van der Waals surface area contributed by atoms with Crippen LogP contribution in [0.5, 0.6) is 0 Å². The first-order chi connectivity index (χ1) is 8.15. The molecule has 0 radical (unpaired) electrons. The van der Waals surface area contributed by atoms with Gasteiger partial charge < -0.3 is 11.1 Å². The second-order valence-corrected chi connectivity index (χ2v) is 4.90. The molecule has 0 aromatic heterocycles. The summed E-state index contributed by atoms with van der Waals surface area (Å²) in [5, 5.41) is 2.90. The number of rotatable bonds is 6. The van der Waals surface area contributed by atoms with Gasteiger partial charge in [0.2, 0.25) is 5.91 Å². The zero-order valence-electron chi connectivity index (χ0n) is 11.4. The Hall–Kier alpha value is -0.610. The van der Waals surface area contributed by atoms with Gasteiger partial charge >= 0.3 is 0 Å². The van der Waals surface area contributed by atoms with Crippen LogP contribution in [0.2, 0.25) is 0 Å². The van der Waals surface area contributed by atoms with Gasteiger partial charge in [-0.1, -0.05) is 13.3 Å². The number of amides is 1. The molecule has 1 aliphatic rings. The summed E-state index contributed by atoms with van der Waals surface area (Å²) in [5.74, 6) is 0.698. The fourth-order valence-corrected chi connectivity index (χ4v) is 3.00. The van der Waals surface area contributed by atoms with E-state index in [1.54, 1.807) is 0 Å². The SMILES string of the molecule is CCNC(=O)C(C)N(CC)C1CCCC1CN. The third-order valence-corrected chi connectivity index (χ3v) is 3.94. The van der Waals surface area contributed by atoms with Crippen molar-refractivity contribution in [1.29, 1.82) is 0 Å². The highest BCUT2D eigenvalue weighted by Crippen LogP contribution is 2.30. The summed E-state index contributed by atoms with van der Waals surface area (Å²) in [6, 6.07) is 0.444. The number of hydrogen-bond acceptors (Lipinski definition) is 3. The zero-order chi connectivity index (χ0) is 12.8. The molecule has 0 bridgehead atoms. The Morgan fingerprint density at radius 3 is 2.71 bits per heavy atom. The molecule has 1 fully saturated rings. The van der Waals surface area contributed by atoms with Crippen molar-refractivity contribution in [2.24, 2.45) is 11.7 Å². The van der Waals surface area contributed by atoms with Crippen molar-refractivity contribution in [2.75, 3.05) is 19.6 Å². The molecule has 0 spiro atoms. The van der Waals surface area contributed by atoms with Crippen LogP contribution in [0.1, 0.15) is 40.0 Å². The number of likely N-dealkylation sites (N-methyl/N-ethyl adjacent to an activating group) is 2. The van der Waals surface area contributed by atoms with Gasteiger partial charge in [-0.15, -0.1) is 0 Å². The first-order valence-corrected chi connectivity index (χ1v) is 6.89. The van der Waals surface area contributed by atoms with Crippen molar-refractivity contribution in [3.05, 3.63) is 0 Å². The minimum absolute atomic E-state index is 0.0444. The summed E-state index contributed by atoms with van der Waals surface area (Å²) in [5.41, 5.74) is 5.82. The number of nitrogens with two attached hydrogens (primary N) is 1. The van der Waals surface area contributed by atoms with Crippen molar-refractivity contribution in [3.8, 4) is 0 Å². The quantitative estimate of drug-likeness (QED) is 0.728. The van der Waals surface area contributed by atoms with E-state index < -0.39 is 0 Å². The van der Waals surface area contributed by atoms with Crippen molar-refractivity contribution in [2.45, 2.75) is 52.1 Å². The van der Waals surface area contributed by atoms with Gasteiger partial charge in [-0.25, -0.2) is 0 Å². The van der Waals surface area contributed by atoms with Crippen LogP contribution in [0.4, 0.5) is 0 Å². The molecule has 0 aliphatic heterocycles. The van der Waals surface area contributed by atoms with Gasteiger partial charge in [0.15, 0.2) is 0 Å². The van der Waals surface area contributed by atoms with Gasteiger partial charge in [-0.3, -0.25) is 9.69 Å². The van der Waals surface area contributed by atoms with Gasteiger partial charge in [0.05, 0.1) is 6.04 Å². The smallest absolute Gasteiger partial charge is 0.237 e. The fraction of sp³-hybridized carbons (Fsp3) is 0.923. The van der Waals surface area contributed by atoms with E-state index in [0.717, 1.165) is 13.1 Å². The van der Waals surface area contributed by atoms with Crippen molar-refractivity contribution in [1.82, 2.24) is 10.2 Å². The van der Waals surface area contributed by atoms with E-state index in [4.69, 9.17) is 5.73 Å². The van der Waals surface area contributed by atoms with E-state index in [0.29, 0.717) is 18.5 Å². The molecule has 1 amide bonds. The van der Waals surface area contributed by atoms with Crippen LogP contribution in [-0.4, -0.2) is 42.5 Å². The van der Waals surface area contributed by atoms with Gasteiger partial charge in [0, 0.05) is 12.6 Å². The highest BCUT2D eigenvalue weighted by Gasteiger charge is 2.34. The van der Waals surface area contributed by atoms with Crippen molar-refractivity contribution < 1.29 is 4.79 Å². The summed E-state index contributed by atoms with van der Waals surface area (Å²) in [6.07, 6.45) is 3.63. The molecule has 0 aromatic rings. The maximum Gasteiger partial charge on any atom is 0.237 e. The molecule has 0 saturated heterocycles. The predicted octanol–water partition coefficient (Wildman–Crippen LogP) is 0.960. The van der Waals surface area contributed by atoms with Gasteiger partial charge in [-0.05, 0) is 45.7 Å². The minimum atomic E-state index is -0.0444. The lowest BCUT2D eigenvalue weighted by molar-refractivity contribution is -0.126. The molecule has 4 nitrogen and oxygen atoms in total. The summed E-state index contributed by atoms with van der Waals surface area (Å²) >= 11 is 0. The Labute approximate surface area is 105 Å². The van der Waals surface area contributed by atoms with Crippen molar-refractivity contribution in [3.63, 3.8) is 0 Å². The summed E-state index contributed by atoms with van der Waals surface area (Å²) in [7, 11) is 0. The zero-order valence-corrected chi connectivity index (χ0v) is 11.4. The summed E-state index contributed by atoms with van der Waals surface area (Å²) in [6.45, 7) is 8.44. The lowest BCUT2D eigenvalue weighted by atomic mass is 10.0. The molecule has 3 unspecified atom stereocenters. The van der Waals surface area contributed by atoms with Crippen LogP contribution in [0.3, 0.4) is 0 Å². The Kier molecular flexibility index (Phi) is 5.92. The molecule has 3 atom stereocenters. The van der Waals surface area contributed by atoms with Gasteiger partial charge in [-0.2, -0.15) is 0 Å². The topological polar surface area (TPSA) is 58.4 Å². The number of nitrogens with zero attached hydrogens (tertiary/aromatic N) is 1. The fourth-order valence-electron chi connectivity index (χ4n) is 3.00. The van der Waals surface area contributed by atoms with Gasteiger partial charge in [0.1, 0.15) is 0 Å². The molecule has 3 N–H and O–H groups in total. The highest BCUT2D eigenvalue weighted by atomic mass is 16.2. The number of carbonyl (C=O) groups is 1. The van der Waals surface area contributed by atoms with E-state index in [9.17, 15) is 4.79 Å². The Morgan fingerprint density at radius 1 is 1.47 bits per heavy atom. The molecule has 0 aromatic carbocycles. The number of nitrogens with one attached hydrogen (secondary N) is 1. The van der Waals surface area contributed by atoms with Gasteiger partial charge in [0.25, 0.3) is 0 Å². The Morgan fingerprint density at radius 2 is 2.18 bits per heavy atom. The van der Waals surface area contributed by atoms with Crippen molar-refractivity contribution >= 4 is 5.91 Å². The van der Waals surface area contributed by atoms with E-state index in [1.165, 1.54) is 19.3 Å². The molecule has 0 heterocycles. The van der Waals surface area contributed by atoms with E-state index in [-0.39, 0.29) is 11.9 Å². The normalized spacial score (nSPS) is 26.2. The summed E-state index contributed by atoms with van der Waals surface area (Å²) < 4.78 is 0. The molecule has 1 saturated carbocycles. The Balaban J connectivity index is 2.66. The molecule has 1 aliphatic carbocycles. The summed E-state index contributed by atoms with van der Waals surface area (Å²) in [4.78, 5) is 14.2. The first kappa shape index (κ1) is 14.5. The largest absolute Gasteiger partial charge is 0.355 e. The predicted molar refractivity (Wildman–Crippen MR) is 70.7 cm³/mol. The second-order valence-electron chi connectivity index (χ2n) is 4.90. The molecule has 100 valence electrons. The molecular formula is C13H27N3O. The maximum atomic E-state index is 11.9. The number of carbonyl (C=O) groups excluding carboxylic acids is 1. The molecule has 17 heavy (non-hydrogen) atoms. The van der Waals surface area contributed by atoms with E-state index >= 15 is 0 Å². The monoisotopic (exact) mass is 241 g/mol. The Bertz CT molecular complexity index is 245. The average Bonchev–Trinajstić information content (AvgIpc) is 2.78. The first-order valence-electron chi connectivity index (χ1n) is 6.89. The van der Waals surface area contributed by atoms with Crippen LogP contribution in [0.15, 0.2) is 0 Å². The lowest BCUT2D eigenvalue weighted by Crippen LogP contribution is -2.51. The highest BCUT2D eigenvalue weighted by molar-refractivity contribution is 5.81. The van der Waals surface area contributed by atoms with Crippen LogP contribution < -0.4 is 11.1 Å². The van der Waals surface area contributed by atoms with E-state index in [2.05, 4.69) is 17.1 Å². The van der Waals surface area contributed by atoms with Crippen LogP contribution in [0, 0.1) is 5.92 Å². The molecule has 1 rings (SSSR count). The minimum Gasteiger partial charge on any atom is -0.355 e. The molecule has 4 heteroatoms. The average molecular weight is 241 g/mol. The molecular weight excluding hydrogens is 214 g/mol. The van der Waals surface area contributed by atoms with Crippen LogP contribution in [0.25, 0.3) is 0 Å². The van der Waals surface area contributed by atoms with E-state index in [1.807, 2.05) is 13.8 Å². The maximum absolute atomic E-state index is 11.9. The second kappa shape index (κ2) is 6.97. The third kappa shape index (κ3) is 3.42. The van der Waals surface area contributed by atoms with Crippen LogP contribution in [-0.2, 0) is 4.79 Å². The lowest BCUT2D eigenvalue weighted by Gasteiger charge is -2.35. The third-order valence-electron chi connectivity index (χ3n) is 3.94. The standard InChI is InChI=1S/C13H27N3O/c1-4-15-13(17)10(3)16(5-2)12-8-6-7-11(12)9-14/h10-12H,4-9,14H2,1-3H3,(H,15,17). The number of hydrogen-bond donors (Lipinski definition) is 2. The van der Waals surface area contributed by atoms with Crippen LogP contribution >= 0.6 is 0 Å².